The van der Waals surface area contributed by atoms with E-state index in [1.54, 1.807) is 11.3 Å². The lowest BCUT2D eigenvalue weighted by Crippen LogP contribution is -2.59. The van der Waals surface area contributed by atoms with Crippen LogP contribution in [-0.2, 0) is 30.4 Å². The van der Waals surface area contributed by atoms with E-state index in [0.717, 1.165) is 63.8 Å². The number of aliphatic hydroxyl groups excluding tert-OH is 1. The topological polar surface area (TPSA) is 143 Å². The molecule has 2 fully saturated rings. The predicted molar refractivity (Wildman–Crippen MR) is 227 cm³/mol. The van der Waals surface area contributed by atoms with Crippen LogP contribution in [0, 0.1) is 12.3 Å². The van der Waals surface area contributed by atoms with Gasteiger partial charge in [0.1, 0.15) is 24.4 Å². The number of unbranched alkanes of at least 4 members (excludes halogenated alkanes) is 2. The van der Waals surface area contributed by atoms with Crippen molar-refractivity contribution >= 4 is 52.0 Å². The van der Waals surface area contributed by atoms with Crippen molar-refractivity contribution < 1.29 is 33.7 Å². The number of likely N-dealkylation sites (tertiary alicyclic amines) is 1. The molecule has 57 heavy (non-hydrogen) atoms. The first-order valence-electron chi connectivity index (χ1n) is 19.9. The highest BCUT2D eigenvalue weighted by Gasteiger charge is 2.44. The highest BCUT2D eigenvalue weighted by atomic mass is 32.1. The number of nitrogens with one attached hydrogen (secondary N) is 2. The van der Waals surface area contributed by atoms with E-state index in [-0.39, 0.29) is 37.6 Å². The SMILES string of the molecule is Cc1ncsc1-c1ccc(CNC(=O)[C@@H]2C[C@@H](O)CN2C(=O)[C@@H](NC(=O)COCCCOCCCCCOc2ccc(N3C(=S)CC3(C)C)cc2)C(C)(C)C)cc1. The highest BCUT2D eigenvalue weighted by molar-refractivity contribution is 7.80. The molecule has 0 radical (unpaired) electrons. The summed E-state index contributed by atoms with van der Waals surface area (Å²) in [5, 5.41) is 16.3. The Balaban J connectivity index is 0.944. The molecule has 2 aliphatic rings. The van der Waals surface area contributed by atoms with Crippen LogP contribution < -0.4 is 20.3 Å². The number of aromatic nitrogens is 1. The van der Waals surface area contributed by atoms with Gasteiger partial charge in [-0.1, -0.05) is 57.3 Å². The second-order valence-electron chi connectivity index (χ2n) is 16.6. The van der Waals surface area contributed by atoms with Gasteiger partial charge in [0, 0.05) is 57.0 Å². The van der Waals surface area contributed by atoms with Gasteiger partial charge in [-0.2, -0.15) is 0 Å². The standard InChI is InChI=1S/C43H59N5O7S2/c1-29-38(57-28-45-29)31-13-11-30(12-14-31)25-44-40(51)35-23-33(49)26-47(35)41(52)39(42(2,3)4)46-36(50)27-54-21-10-20-53-19-8-7-9-22-55-34-17-15-32(16-18-34)48-37(56)24-43(48,5)6/h11-18,28,33,35,39,49H,7-10,19-27H2,1-6H3,(H,44,51)(H,46,50)/t33-,35+,39-/m1/s1. The van der Waals surface area contributed by atoms with E-state index in [1.807, 2.05) is 69.6 Å². The first-order valence-corrected chi connectivity index (χ1v) is 21.2. The molecule has 3 N–H and O–H groups in total. The molecule has 0 spiro atoms. The molecule has 310 valence electrons. The summed E-state index contributed by atoms with van der Waals surface area (Å²) in [4.78, 5) is 50.1. The zero-order chi connectivity index (χ0) is 41.2. The van der Waals surface area contributed by atoms with E-state index < -0.39 is 35.4 Å². The summed E-state index contributed by atoms with van der Waals surface area (Å²) in [6.45, 7) is 14.1. The molecule has 14 heteroatoms. The fraction of sp³-hybridized carbons (Fsp3) is 0.558. The third-order valence-electron chi connectivity index (χ3n) is 10.3. The van der Waals surface area contributed by atoms with Gasteiger partial charge in [-0.25, -0.2) is 4.98 Å². The molecule has 2 saturated heterocycles. The van der Waals surface area contributed by atoms with Crippen molar-refractivity contribution in [2.24, 2.45) is 5.41 Å². The number of hydrogen-bond donors (Lipinski definition) is 3. The van der Waals surface area contributed by atoms with Crippen molar-refractivity contribution in [3.63, 3.8) is 0 Å². The van der Waals surface area contributed by atoms with Crippen molar-refractivity contribution in [3.8, 4) is 16.2 Å². The highest BCUT2D eigenvalue weighted by Crippen LogP contribution is 2.38. The van der Waals surface area contributed by atoms with Crippen LogP contribution in [0.25, 0.3) is 10.4 Å². The second kappa shape index (κ2) is 20.1. The summed E-state index contributed by atoms with van der Waals surface area (Å²) >= 11 is 7.03. The fourth-order valence-electron chi connectivity index (χ4n) is 7.15. The van der Waals surface area contributed by atoms with Crippen molar-refractivity contribution in [1.29, 1.82) is 0 Å². The second-order valence-corrected chi connectivity index (χ2v) is 17.9. The van der Waals surface area contributed by atoms with Crippen molar-refractivity contribution in [2.45, 2.75) is 110 Å². The number of thiazole rings is 1. The van der Waals surface area contributed by atoms with E-state index in [9.17, 15) is 19.5 Å². The van der Waals surface area contributed by atoms with Gasteiger partial charge < -0.3 is 39.8 Å². The number of nitrogens with zero attached hydrogens (tertiary/aromatic N) is 3. The van der Waals surface area contributed by atoms with Crippen LogP contribution in [0.3, 0.4) is 0 Å². The third-order valence-corrected chi connectivity index (χ3v) is 11.6. The number of β-amino-alcohol motifs (C(OH)–C–C–N with tert-alkyl or cyclic N) is 1. The molecule has 2 aromatic carbocycles. The minimum absolute atomic E-state index is 0.00894. The van der Waals surface area contributed by atoms with E-state index in [0.29, 0.717) is 32.8 Å². The Kier molecular flexibility index (Phi) is 15.6. The first kappa shape index (κ1) is 44.2. The number of rotatable bonds is 20. The van der Waals surface area contributed by atoms with Crippen molar-refractivity contribution in [3.05, 3.63) is 65.3 Å². The lowest BCUT2D eigenvalue weighted by molar-refractivity contribution is -0.144. The maximum absolute atomic E-state index is 13.9. The molecular weight excluding hydrogens is 763 g/mol. The summed E-state index contributed by atoms with van der Waals surface area (Å²) in [6.07, 6.45) is 3.69. The molecule has 3 aromatic rings. The van der Waals surface area contributed by atoms with Gasteiger partial charge in [0.25, 0.3) is 0 Å². The average molecular weight is 822 g/mol. The maximum Gasteiger partial charge on any atom is 0.246 e. The fourth-order valence-corrected chi connectivity index (χ4v) is 8.66. The van der Waals surface area contributed by atoms with Gasteiger partial charge in [-0.15, -0.1) is 11.3 Å². The first-order chi connectivity index (χ1) is 27.1. The quantitative estimate of drug-likeness (QED) is 0.0890. The van der Waals surface area contributed by atoms with Crippen LogP contribution >= 0.6 is 23.6 Å². The average Bonchev–Trinajstić information content (AvgIpc) is 3.78. The molecule has 0 bridgehead atoms. The zero-order valence-electron chi connectivity index (χ0n) is 34.2. The Bertz CT molecular complexity index is 1810. The normalized spacial score (nSPS) is 18.3. The molecule has 0 saturated carbocycles. The minimum Gasteiger partial charge on any atom is -0.494 e. The molecule has 1 aromatic heterocycles. The summed E-state index contributed by atoms with van der Waals surface area (Å²) in [6, 6.07) is 14.2. The van der Waals surface area contributed by atoms with E-state index >= 15 is 0 Å². The van der Waals surface area contributed by atoms with E-state index in [1.165, 1.54) is 4.90 Å². The number of carbonyl (C=O) groups excluding carboxylic acids is 3. The lowest BCUT2D eigenvalue weighted by atomic mass is 9.85. The number of aryl methyl sites for hydroxylation is 1. The van der Waals surface area contributed by atoms with E-state index in [2.05, 4.69) is 46.5 Å². The Morgan fingerprint density at radius 2 is 1.67 bits per heavy atom. The molecule has 3 heterocycles. The Hall–Kier alpha value is -3.95. The number of aliphatic hydroxyl groups is 1. The third kappa shape index (κ3) is 12.3. The largest absolute Gasteiger partial charge is 0.494 e. The molecule has 3 amide bonds. The molecule has 0 aliphatic carbocycles. The number of thiocarbonyl (C=S) groups is 1. The van der Waals surface area contributed by atoms with Crippen molar-refractivity contribution in [1.82, 2.24) is 20.5 Å². The lowest BCUT2D eigenvalue weighted by Gasteiger charge is -2.50. The number of ether oxygens (including phenoxy) is 3. The number of benzene rings is 2. The molecule has 0 unspecified atom stereocenters. The van der Waals surface area contributed by atoms with Gasteiger partial charge in [0.15, 0.2) is 0 Å². The van der Waals surface area contributed by atoms with Crippen LogP contribution in [0.4, 0.5) is 5.69 Å². The van der Waals surface area contributed by atoms with E-state index in [4.69, 9.17) is 26.4 Å². The summed E-state index contributed by atoms with van der Waals surface area (Å²) in [7, 11) is 0. The van der Waals surface area contributed by atoms with Gasteiger partial charge in [-0.3, -0.25) is 14.4 Å². The molecule has 12 nitrogen and oxygen atoms in total. The van der Waals surface area contributed by atoms with Crippen LogP contribution in [0.2, 0.25) is 0 Å². The summed E-state index contributed by atoms with van der Waals surface area (Å²) in [5.74, 6) is -0.340. The number of anilines is 1. The van der Waals surface area contributed by atoms with Gasteiger partial charge >= 0.3 is 0 Å². The van der Waals surface area contributed by atoms with Gasteiger partial charge in [-0.05, 0) is 87.3 Å². The van der Waals surface area contributed by atoms with Crippen molar-refractivity contribution in [2.75, 3.05) is 44.5 Å². The van der Waals surface area contributed by atoms with Gasteiger partial charge in [0.05, 0.1) is 33.8 Å². The molecular formula is C43H59N5O7S2. The minimum atomic E-state index is -0.923. The molecule has 5 rings (SSSR count). The Morgan fingerprint density at radius 3 is 2.32 bits per heavy atom. The smallest absolute Gasteiger partial charge is 0.246 e. The zero-order valence-corrected chi connectivity index (χ0v) is 35.8. The maximum atomic E-state index is 13.9. The Morgan fingerprint density at radius 1 is 0.982 bits per heavy atom. The molecule has 3 atom stereocenters. The monoisotopic (exact) mass is 821 g/mol. The summed E-state index contributed by atoms with van der Waals surface area (Å²) in [5.41, 5.74) is 5.27. The van der Waals surface area contributed by atoms with Crippen LogP contribution in [-0.4, -0.2) is 101 Å². The number of carbonyl (C=O) groups is 3. The van der Waals surface area contributed by atoms with Gasteiger partial charge in [0.2, 0.25) is 17.7 Å². The predicted octanol–water partition coefficient (Wildman–Crippen LogP) is 6.22. The molecule has 2 aliphatic heterocycles. The summed E-state index contributed by atoms with van der Waals surface area (Å²) < 4.78 is 17.2. The van der Waals surface area contributed by atoms with Crippen LogP contribution in [0.5, 0.6) is 5.75 Å². The number of amides is 3. The number of hydrogen-bond acceptors (Lipinski definition) is 10. The Labute approximate surface area is 346 Å². The van der Waals surface area contributed by atoms with Crippen LogP contribution in [0.15, 0.2) is 54.0 Å². The van der Waals surface area contributed by atoms with Crippen LogP contribution in [0.1, 0.15) is 84.4 Å².